The number of nitrogens with zero attached hydrogens (tertiary/aromatic N) is 2. The number of amides is 2. The summed E-state index contributed by atoms with van der Waals surface area (Å²) < 4.78 is 37.7. The van der Waals surface area contributed by atoms with Crippen LogP contribution in [0.15, 0.2) is 48.5 Å². The molecular formula is C20H21FN2O3S. The number of benzene rings is 2. The molecule has 2 saturated heterocycles. The molecule has 0 N–H and O–H groups in total. The average molecular weight is 388 g/mol. The van der Waals surface area contributed by atoms with Gasteiger partial charge >= 0.3 is 6.03 Å². The Balaban J connectivity index is 1.67. The fraction of sp³-hybridized carbons (Fsp3) is 0.350. The van der Waals surface area contributed by atoms with Gasteiger partial charge in [-0.25, -0.2) is 17.6 Å². The predicted molar refractivity (Wildman–Crippen MR) is 102 cm³/mol. The van der Waals surface area contributed by atoms with Gasteiger partial charge in [0.1, 0.15) is 5.82 Å². The lowest BCUT2D eigenvalue weighted by Gasteiger charge is -2.23. The molecule has 27 heavy (non-hydrogen) atoms. The van der Waals surface area contributed by atoms with Crippen molar-refractivity contribution >= 4 is 21.6 Å². The molecule has 2 aromatic rings. The van der Waals surface area contributed by atoms with Crippen molar-refractivity contribution in [1.82, 2.24) is 4.90 Å². The summed E-state index contributed by atoms with van der Waals surface area (Å²) in [5.74, 6) is -0.405. The van der Waals surface area contributed by atoms with Gasteiger partial charge in [-0.05, 0) is 41.8 Å². The lowest BCUT2D eigenvalue weighted by Crippen LogP contribution is -2.37. The summed E-state index contributed by atoms with van der Waals surface area (Å²) in [6.45, 7) is 2.32. The van der Waals surface area contributed by atoms with Crippen LogP contribution in [0, 0.1) is 5.82 Å². The van der Waals surface area contributed by atoms with E-state index in [1.54, 1.807) is 21.9 Å². The SMILES string of the molecule is CCc1ccc(N2C(=O)N(Cc3ccc(F)cc3)[C@@H]3CS(=O)(=O)C[C@H]32)cc1. The smallest absolute Gasteiger partial charge is 0.314 e. The summed E-state index contributed by atoms with van der Waals surface area (Å²) in [4.78, 5) is 16.4. The van der Waals surface area contributed by atoms with E-state index in [4.69, 9.17) is 0 Å². The van der Waals surface area contributed by atoms with Crippen LogP contribution in [0.4, 0.5) is 14.9 Å². The van der Waals surface area contributed by atoms with Gasteiger partial charge in [0.05, 0.1) is 23.6 Å². The number of hydrogen-bond acceptors (Lipinski definition) is 3. The molecule has 0 bridgehead atoms. The minimum atomic E-state index is -3.21. The summed E-state index contributed by atoms with van der Waals surface area (Å²) >= 11 is 0. The van der Waals surface area contributed by atoms with E-state index in [1.165, 1.54) is 12.1 Å². The standard InChI is InChI=1S/C20H21FN2O3S/c1-2-14-5-9-17(10-6-14)23-19-13-27(25,26)12-18(19)22(20(23)24)11-15-3-7-16(21)8-4-15/h3-10,18-19H,2,11-13H2,1H3/t18-,19-/m1/s1. The molecule has 2 fully saturated rings. The Morgan fingerprint density at radius 1 is 0.963 bits per heavy atom. The molecule has 2 heterocycles. The van der Waals surface area contributed by atoms with Gasteiger partial charge in [-0.15, -0.1) is 0 Å². The van der Waals surface area contributed by atoms with Gasteiger partial charge in [-0.1, -0.05) is 31.2 Å². The van der Waals surface area contributed by atoms with Crippen molar-refractivity contribution in [2.24, 2.45) is 0 Å². The second-order valence-electron chi connectivity index (χ2n) is 7.14. The molecule has 2 aliphatic rings. The minimum Gasteiger partial charge on any atom is -0.314 e. The van der Waals surface area contributed by atoms with E-state index >= 15 is 0 Å². The van der Waals surface area contributed by atoms with Crippen molar-refractivity contribution in [2.45, 2.75) is 32.0 Å². The van der Waals surface area contributed by atoms with E-state index in [0.717, 1.165) is 17.5 Å². The van der Waals surface area contributed by atoms with Gasteiger partial charge in [0.15, 0.2) is 9.84 Å². The van der Waals surface area contributed by atoms with E-state index in [0.29, 0.717) is 5.69 Å². The largest absolute Gasteiger partial charge is 0.325 e. The summed E-state index contributed by atoms with van der Waals surface area (Å²) in [6.07, 6.45) is 0.894. The molecule has 2 amide bonds. The van der Waals surface area contributed by atoms with Crippen LogP contribution < -0.4 is 4.90 Å². The fourth-order valence-electron chi connectivity index (χ4n) is 3.94. The molecule has 0 unspecified atom stereocenters. The fourth-order valence-corrected chi connectivity index (χ4v) is 5.89. The van der Waals surface area contributed by atoms with Crippen LogP contribution in [0.1, 0.15) is 18.1 Å². The van der Waals surface area contributed by atoms with Crippen molar-refractivity contribution in [3.05, 3.63) is 65.5 Å². The summed E-state index contributed by atoms with van der Waals surface area (Å²) in [5, 5.41) is 0. The highest BCUT2D eigenvalue weighted by atomic mass is 32.2. The van der Waals surface area contributed by atoms with Crippen molar-refractivity contribution in [3.8, 4) is 0 Å². The Kier molecular flexibility index (Phi) is 4.42. The molecule has 2 atom stereocenters. The Morgan fingerprint density at radius 3 is 2.19 bits per heavy atom. The number of carbonyl (C=O) groups is 1. The Morgan fingerprint density at radius 2 is 1.56 bits per heavy atom. The zero-order valence-electron chi connectivity index (χ0n) is 15.0. The average Bonchev–Trinajstić information content (AvgIpc) is 3.07. The van der Waals surface area contributed by atoms with Crippen LogP contribution in [0.2, 0.25) is 0 Å². The highest BCUT2D eigenvalue weighted by molar-refractivity contribution is 7.91. The normalized spacial score (nSPS) is 23.7. The number of aryl methyl sites for hydroxylation is 1. The Labute approximate surface area is 158 Å². The topological polar surface area (TPSA) is 57.7 Å². The minimum absolute atomic E-state index is 0.0289. The van der Waals surface area contributed by atoms with Gasteiger partial charge in [0, 0.05) is 12.2 Å². The molecule has 5 nitrogen and oxygen atoms in total. The van der Waals surface area contributed by atoms with Crippen molar-refractivity contribution in [3.63, 3.8) is 0 Å². The molecule has 0 aromatic heterocycles. The molecule has 142 valence electrons. The second-order valence-corrected chi connectivity index (χ2v) is 9.29. The maximum atomic E-state index is 13.2. The van der Waals surface area contributed by atoms with E-state index in [1.807, 2.05) is 24.3 Å². The Bertz CT molecular complexity index is 958. The molecule has 2 aromatic carbocycles. The van der Waals surface area contributed by atoms with Crippen LogP contribution in [0.25, 0.3) is 0 Å². The number of hydrogen-bond donors (Lipinski definition) is 0. The molecular weight excluding hydrogens is 367 g/mol. The van der Waals surface area contributed by atoms with Crippen LogP contribution >= 0.6 is 0 Å². The molecule has 0 radical (unpaired) electrons. The van der Waals surface area contributed by atoms with E-state index < -0.39 is 21.9 Å². The first-order chi connectivity index (χ1) is 12.9. The summed E-state index contributed by atoms with van der Waals surface area (Å²) in [6, 6.07) is 12.6. The van der Waals surface area contributed by atoms with Gasteiger partial charge in [0.2, 0.25) is 0 Å². The lowest BCUT2D eigenvalue weighted by atomic mass is 10.1. The molecule has 0 saturated carbocycles. The monoisotopic (exact) mass is 388 g/mol. The highest BCUT2D eigenvalue weighted by Crippen LogP contribution is 2.36. The second kappa shape index (κ2) is 6.64. The van der Waals surface area contributed by atoms with Crippen LogP contribution in [0.5, 0.6) is 0 Å². The number of urea groups is 1. The highest BCUT2D eigenvalue weighted by Gasteiger charge is 2.53. The van der Waals surface area contributed by atoms with E-state index in [2.05, 4.69) is 6.92 Å². The van der Waals surface area contributed by atoms with E-state index in [-0.39, 0.29) is 29.9 Å². The molecule has 7 heteroatoms. The molecule has 2 aliphatic heterocycles. The van der Waals surface area contributed by atoms with E-state index in [9.17, 15) is 17.6 Å². The van der Waals surface area contributed by atoms with Crippen molar-refractivity contribution < 1.29 is 17.6 Å². The zero-order valence-corrected chi connectivity index (χ0v) is 15.8. The first kappa shape index (κ1) is 18.0. The zero-order chi connectivity index (χ0) is 19.2. The number of anilines is 1. The van der Waals surface area contributed by atoms with Gasteiger partial charge < -0.3 is 4.90 Å². The number of sulfone groups is 1. The Hall–Kier alpha value is -2.41. The van der Waals surface area contributed by atoms with Gasteiger partial charge in [0.25, 0.3) is 0 Å². The number of fused-ring (bicyclic) bond motifs is 1. The third-order valence-corrected chi connectivity index (χ3v) is 7.07. The summed E-state index contributed by atoms with van der Waals surface area (Å²) in [7, 11) is -3.21. The molecule has 4 rings (SSSR count). The van der Waals surface area contributed by atoms with Crippen LogP contribution in [0.3, 0.4) is 0 Å². The number of halogens is 1. The third kappa shape index (κ3) is 3.32. The third-order valence-electron chi connectivity index (χ3n) is 5.37. The van der Waals surface area contributed by atoms with Crippen LogP contribution in [-0.4, -0.2) is 42.9 Å². The molecule has 0 aliphatic carbocycles. The van der Waals surface area contributed by atoms with Crippen molar-refractivity contribution in [2.75, 3.05) is 16.4 Å². The molecule has 0 spiro atoms. The van der Waals surface area contributed by atoms with Crippen molar-refractivity contribution in [1.29, 1.82) is 0 Å². The first-order valence-corrected chi connectivity index (χ1v) is 10.8. The van der Waals surface area contributed by atoms with Gasteiger partial charge in [-0.2, -0.15) is 0 Å². The van der Waals surface area contributed by atoms with Crippen LogP contribution in [-0.2, 0) is 22.8 Å². The lowest BCUT2D eigenvalue weighted by molar-refractivity contribution is 0.206. The number of rotatable bonds is 4. The summed E-state index contributed by atoms with van der Waals surface area (Å²) in [5.41, 5.74) is 2.64. The maximum absolute atomic E-state index is 13.2. The quantitative estimate of drug-likeness (QED) is 0.757. The maximum Gasteiger partial charge on any atom is 0.325 e. The van der Waals surface area contributed by atoms with Gasteiger partial charge in [-0.3, -0.25) is 4.90 Å². The first-order valence-electron chi connectivity index (χ1n) is 9.01. The predicted octanol–water partition coefficient (Wildman–Crippen LogP) is 3.00. The number of carbonyl (C=O) groups excluding carboxylic acids is 1.